The van der Waals surface area contributed by atoms with Crippen molar-refractivity contribution in [1.82, 2.24) is 10.3 Å². The van der Waals surface area contributed by atoms with E-state index in [0.717, 1.165) is 42.7 Å². The van der Waals surface area contributed by atoms with Crippen LogP contribution in [-0.4, -0.2) is 29.4 Å². The van der Waals surface area contributed by atoms with Crippen molar-refractivity contribution < 1.29 is 19.1 Å². The smallest absolute Gasteiger partial charge is 0.312 e. The highest BCUT2D eigenvalue weighted by atomic mass is 32.1. The summed E-state index contributed by atoms with van der Waals surface area (Å²) in [7, 11) is 0. The van der Waals surface area contributed by atoms with Crippen molar-refractivity contribution in [1.29, 1.82) is 0 Å². The van der Waals surface area contributed by atoms with Crippen LogP contribution in [0.2, 0.25) is 0 Å². The van der Waals surface area contributed by atoms with Gasteiger partial charge in [0.1, 0.15) is 5.01 Å². The third-order valence-corrected chi connectivity index (χ3v) is 5.44. The second-order valence-corrected chi connectivity index (χ2v) is 7.45. The first-order chi connectivity index (χ1) is 13.1. The molecular formula is C20H22N2O4S. The molecule has 1 aliphatic carbocycles. The van der Waals surface area contributed by atoms with Crippen LogP contribution in [0.4, 0.5) is 0 Å². The molecule has 1 heterocycles. The Morgan fingerprint density at radius 1 is 1.11 bits per heavy atom. The van der Waals surface area contributed by atoms with E-state index < -0.39 is 18.5 Å². The summed E-state index contributed by atoms with van der Waals surface area (Å²) in [6.45, 7) is -0.451. The minimum atomic E-state index is -0.581. The van der Waals surface area contributed by atoms with Gasteiger partial charge in [0.05, 0.1) is 12.1 Å². The number of nitrogens with one attached hydrogen (secondary N) is 1. The standard InChI is InChI=1S/C20H22N2O4S/c23-17(22-19(25)14-7-3-1-4-8-14)12-26-18(24)11-16-13-27-20(21-16)15-9-5-2-6-10-15/h2,5-6,9-10,13-14H,1,3-4,7-8,11-12H2,(H,22,23,25). The lowest BCUT2D eigenvalue weighted by molar-refractivity contribution is -0.149. The summed E-state index contributed by atoms with van der Waals surface area (Å²) in [5.74, 6) is -1.49. The third-order valence-electron chi connectivity index (χ3n) is 4.50. The molecule has 0 spiro atoms. The SMILES string of the molecule is O=C(COC(=O)Cc1csc(-c2ccccc2)n1)NC(=O)C1CCCCC1. The van der Waals surface area contributed by atoms with Crippen LogP contribution in [0.3, 0.4) is 0 Å². The zero-order valence-corrected chi connectivity index (χ0v) is 15.8. The maximum absolute atomic E-state index is 12.0. The molecule has 1 fully saturated rings. The van der Waals surface area contributed by atoms with Gasteiger partial charge >= 0.3 is 5.97 Å². The predicted molar refractivity (Wildman–Crippen MR) is 102 cm³/mol. The Hall–Kier alpha value is -2.54. The lowest BCUT2D eigenvalue weighted by atomic mass is 9.89. The fourth-order valence-electron chi connectivity index (χ4n) is 3.09. The molecule has 1 aromatic carbocycles. The number of carbonyl (C=O) groups excluding carboxylic acids is 3. The molecule has 1 saturated carbocycles. The maximum Gasteiger partial charge on any atom is 0.312 e. The Morgan fingerprint density at radius 2 is 1.85 bits per heavy atom. The lowest BCUT2D eigenvalue weighted by Gasteiger charge is -2.20. The van der Waals surface area contributed by atoms with Gasteiger partial charge in [0.15, 0.2) is 6.61 Å². The minimum absolute atomic E-state index is 0.00676. The number of carbonyl (C=O) groups is 3. The topological polar surface area (TPSA) is 85.4 Å². The van der Waals surface area contributed by atoms with Crippen molar-refractivity contribution in [2.24, 2.45) is 5.92 Å². The minimum Gasteiger partial charge on any atom is -0.455 e. The van der Waals surface area contributed by atoms with Gasteiger partial charge in [-0.05, 0) is 12.8 Å². The van der Waals surface area contributed by atoms with Crippen LogP contribution >= 0.6 is 11.3 Å². The van der Waals surface area contributed by atoms with Crippen LogP contribution in [0.5, 0.6) is 0 Å². The Balaban J connectivity index is 1.42. The van der Waals surface area contributed by atoms with E-state index in [1.54, 1.807) is 5.38 Å². The molecule has 1 aromatic heterocycles. The maximum atomic E-state index is 12.0. The van der Waals surface area contributed by atoms with Gasteiger partial charge in [-0.1, -0.05) is 49.6 Å². The first-order valence-electron chi connectivity index (χ1n) is 9.11. The fourth-order valence-corrected chi connectivity index (χ4v) is 3.91. The molecule has 142 valence electrons. The summed E-state index contributed by atoms with van der Waals surface area (Å²) in [5.41, 5.74) is 1.59. The second-order valence-electron chi connectivity index (χ2n) is 6.59. The van der Waals surface area contributed by atoms with Crippen LogP contribution in [0.15, 0.2) is 35.7 Å². The molecule has 0 bridgehead atoms. The highest BCUT2D eigenvalue weighted by Crippen LogP contribution is 2.24. The Morgan fingerprint density at radius 3 is 2.59 bits per heavy atom. The van der Waals surface area contributed by atoms with Gasteiger partial charge in [-0.3, -0.25) is 19.7 Å². The Kier molecular flexibility index (Phi) is 6.70. The number of aromatic nitrogens is 1. The van der Waals surface area contributed by atoms with E-state index in [9.17, 15) is 14.4 Å². The lowest BCUT2D eigenvalue weighted by Crippen LogP contribution is -2.39. The molecule has 2 aromatic rings. The number of nitrogens with zero attached hydrogens (tertiary/aromatic N) is 1. The number of esters is 1. The summed E-state index contributed by atoms with van der Waals surface area (Å²) >= 11 is 1.45. The molecular weight excluding hydrogens is 364 g/mol. The Bertz CT molecular complexity index is 797. The molecule has 2 amide bonds. The molecule has 0 saturated heterocycles. The summed E-state index contributed by atoms with van der Waals surface area (Å²) in [6, 6.07) is 9.69. The number of imide groups is 1. The van der Waals surface area contributed by atoms with Crippen molar-refractivity contribution in [2.75, 3.05) is 6.61 Å². The van der Waals surface area contributed by atoms with Crippen molar-refractivity contribution >= 4 is 29.1 Å². The zero-order chi connectivity index (χ0) is 19.1. The number of hydrogen-bond acceptors (Lipinski definition) is 6. The first-order valence-corrected chi connectivity index (χ1v) is 9.99. The summed E-state index contributed by atoms with van der Waals surface area (Å²) in [6.07, 6.45) is 4.78. The van der Waals surface area contributed by atoms with E-state index in [1.807, 2.05) is 30.3 Å². The van der Waals surface area contributed by atoms with E-state index in [1.165, 1.54) is 11.3 Å². The average molecular weight is 386 g/mol. The van der Waals surface area contributed by atoms with E-state index in [2.05, 4.69) is 10.3 Å². The molecule has 0 radical (unpaired) electrons. The predicted octanol–water partition coefficient (Wildman–Crippen LogP) is 3.12. The van der Waals surface area contributed by atoms with E-state index >= 15 is 0 Å². The van der Waals surface area contributed by atoms with E-state index in [0.29, 0.717) is 5.69 Å². The number of thiazole rings is 1. The molecule has 27 heavy (non-hydrogen) atoms. The van der Waals surface area contributed by atoms with Gasteiger partial charge in [-0.15, -0.1) is 11.3 Å². The quantitative estimate of drug-likeness (QED) is 0.771. The van der Waals surface area contributed by atoms with Crippen molar-refractivity contribution in [3.05, 3.63) is 41.4 Å². The number of ether oxygens (including phenoxy) is 1. The largest absolute Gasteiger partial charge is 0.455 e. The molecule has 0 aliphatic heterocycles. The van der Waals surface area contributed by atoms with Gasteiger partial charge < -0.3 is 4.74 Å². The van der Waals surface area contributed by atoms with Crippen LogP contribution in [0.1, 0.15) is 37.8 Å². The zero-order valence-electron chi connectivity index (χ0n) is 15.0. The molecule has 3 rings (SSSR count). The third kappa shape index (κ3) is 5.72. The summed E-state index contributed by atoms with van der Waals surface area (Å²) in [4.78, 5) is 40.2. The average Bonchev–Trinajstić information content (AvgIpc) is 3.16. The highest BCUT2D eigenvalue weighted by molar-refractivity contribution is 7.13. The Labute approximate surface area is 162 Å². The van der Waals surface area contributed by atoms with Crippen molar-refractivity contribution in [2.45, 2.75) is 38.5 Å². The summed E-state index contributed by atoms with van der Waals surface area (Å²) < 4.78 is 4.97. The fraction of sp³-hybridized carbons (Fsp3) is 0.400. The van der Waals surface area contributed by atoms with Gasteiger partial charge in [-0.2, -0.15) is 0 Å². The van der Waals surface area contributed by atoms with Crippen LogP contribution in [-0.2, 0) is 25.5 Å². The van der Waals surface area contributed by atoms with Crippen LogP contribution in [0.25, 0.3) is 10.6 Å². The monoisotopic (exact) mass is 386 g/mol. The molecule has 6 nitrogen and oxygen atoms in total. The van der Waals surface area contributed by atoms with Crippen molar-refractivity contribution in [3.8, 4) is 10.6 Å². The van der Waals surface area contributed by atoms with Gasteiger partial charge in [-0.25, -0.2) is 4.98 Å². The van der Waals surface area contributed by atoms with Crippen LogP contribution in [0, 0.1) is 5.92 Å². The first kappa shape index (κ1) is 19.2. The highest BCUT2D eigenvalue weighted by Gasteiger charge is 2.23. The van der Waals surface area contributed by atoms with Gasteiger partial charge in [0, 0.05) is 16.9 Å². The number of benzene rings is 1. The van der Waals surface area contributed by atoms with Crippen LogP contribution < -0.4 is 5.32 Å². The molecule has 0 atom stereocenters. The molecule has 1 N–H and O–H groups in total. The summed E-state index contributed by atoms with van der Waals surface area (Å²) in [5, 5.41) is 4.96. The van der Waals surface area contributed by atoms with Gasteiger partial charge in [0.2, 0.25) is 5.91 Å². The number of rotatable bonds is 6. The number of amides is 2. The molecule has 0 unspecified atom stereocenters. The number of hydrogen-bond donors (Lipinski definition) is 1. The second kappa shape index (κ2) is 9.41. The van der Waals surface area contributed by atoms with Gasteiger partial charge in [0.25, 0.3) is 5.91 Å². The van der Waals surface area contributed by atoms with E-state index in [-0.39, 0.29) is 18.2 Å². The normalized spacial score (nSPS) is 14.5. The van der Waals surface area contributed by atoms with E-state index in [4.69, 9.17) is 4.74 Å². The van der Waals surface area contributed by atoms with Crippen molar-refractivity contribution in [3.63, 3.8) is 0 Å². The molecule has 7 heteroatoms. The molecule has 1 aliphatic rings.